The topological polar surface area (TPSA) is 73.9 Å². The van der Waals surface area contributed by atoms with E-state index < -0.39 is 11.9 Å². The minimum Gasteiger partial charge on any atom is -0.493 e. The van der Waals surface area contributed by atoms with Crippen LogP contribution in [0.1, 0.15) is 22.8 Å². The number of thiophene rings is 1. The van der Waals surface area contributed by atoms with Gasteiger partial charge in [0.05, 0.1) is 20.8 Å². The van der Waals surface area contributed by atoms with E-state index in [9.17, 15) is 14.0 Å². The number of benzene rings is 2. The second-order valence-electron chi connectivity index (χ2n) is 6.52. The van der Waals surface area contributed by atoms with Crippen molar-refractivity contribution in [3.05, 3.63) is 70.9 Å². The van der Waals surface area contributed by atoms with Crippen LogP contribution in [0, 0.1) is 5.82 Å². The number of carbonyl (C=O) groups excluding carboxylic acids is 2. The molecule has 0 spiro atoms. The monoisotopic (exact) mass is 455 g/mol. The van der Waals surface area contributed by atoms with Gasteiger partial charge in [-0.25, -0.2) is 9.18 Å². The molecule has 1 N–H and O–H groups in total. The summed E-state index contributed by atoms with van der Waals surface area (Å²) >= 11 is 1.19. The van der Waals surface area contributed by atoms with Crippen molar-refractivity contribution in [1.82, 2.24) is 0 Å². The molecule has 8 heteroatoms. The number of rotatable bonds is 8. The molecule has 0 saturated heterocycles. The lowest BCUT2D eigenvalue weighted by atomic mass is 10.0. The molecule has 0 fully saturated rings. The van der Waals surface area contributed by atoms with E-state index >= 15 is 0 Å². The number of carbonyl (C=O) groups is 2. The molecule has 1 heterocycles. The maximum Gasteiger partial charge on any atom is 0.341 e. The summed E-state index contributed by atoms with van der Waals surface area (Å²) in [5, 5.41) is 4.82. The molecule has 0 bridgehead atoms. The van der Waals surface area contributed by atoms with Crippen molar-refractivity contribution in [2.24, 2.45) is 0 Å². The van der Waals surface area contributed by atoms with Crippen molar-refractivity contribution >= 4 is 34.3 Å². The zero-order valence-corrected chi connectivity index (χ0v) is 18.6. The van der Waals surface area contributed by atoms with Gasteiger partial charge < -0.3 is 19.5 Å². The highest BCUT2D eigenvalue weighted by atomic mass is 32.1. The molecule has 0 aliphatic rings. The molecular weight excluding hydrogens is 433 g/mol. The number of hydrogen-bond donors (Lipinski definition) is 1. The lowest BCUT2D eigenvalue weighted by molar-refractivity contribution is -0.111. The highest BCUT2D eigenvalue weighted by Crippen LogP contribution is 2.36. The van der Waals surface area contributed by atoms with Gasteiger partial charge in [-0.15, -0.1) is 11.3 Å². The van der Waals surface area contributed by atoms with Crippen molar-refractivity contribution in [1.29, 1.82) is 0 Å². The molecule has 0 atom stereocenters. The smallest absolute Gasteiger partial charge is 0.341 e. The normalized spacial score (nSPS) is 10.8. The molecule has 1 aromatic heterocycles. The number of amides is 1. The molecule has 2 aromatic carbocycles. The van der Waals surface area contributed by atoms with Crippen LogP contribution in [0.3, 0.4) is 0 Å². The van der Waals surface area contributed by atoms with Gasteiger partial charge in [0.25, 0.3) is 0 Å². The Hall–Kier alpha value is -3.65. The van der Waals surface area contributed by atoms with E-state index in [1.54, 1.807) is 55.8 Å². The fourth-order valence-corrected chi connectivity index (χ4v) is 3.94. The van der Waals surface area contributed by atoms with Crippen molar-refractivity contribution in [3.8, 4) is 22.6 Å². The number of nitrogens with one attached hydrogen (secondary N) is 1. The zero-order chi connectivity index (χ0) is 23.1. The number of esters is 1. The second-order valence-corrected chi connectivity index (χ2v) is 7.40. The molecular formula is C24H22FNO5S. The Morgan fingerprint density at radius 3 is 2.44 bits per heavy atom. The van der Waals surface area contributed by atoms with E-state index in [4.69, 9.17) is 14.2 Å². The predicted octanol–water partition coefficient (Wildman–Crippen LogP) is 5.40. The van der Waals surface area contributed by atoms with Gasteiger partial charge in [0.1, 0.15) is 16.4 Å². The Bertz CT molecular complexity index is 1140. The molecule has 32 heavy (non-hydrogen) atoms. The maximum atomic E-state index is 13.3. The fraction of sp³-hybridized carbons (Fsp3) is 0.167. The van der Waals surface area contributed by atoms with Crippen LogP contribution >= 0.6 is 11.3 Å². The molecule has 0 saturated carbocycles. The molecule has 3 rings (SSSR count). The van der Waals surface area contributed by atoms with Crippen LogP contribution in [0.15, 0.2) is 53.9 Å². The highest BCUT2D eigenvalue weighted by molar-refractivity contribution is 7.15. The first-order chi connectivity index (χ1) is 15.5. The molecule has 0 radical (unpaired) electrons. The van der Waals surface area contributed by atoms with Crippen molar-refractivity contribution < 1.29 is 28.2 Å². The average Bonchev–Trinajstić information content (AvgIpc) is 3.21. The van der Waals surface area contributed by atoms with Gasteiger partial charge in [-0.3, -0.25) is 4.79 Å². The van der Waals surface area contributed by atoms with Gasteiger partial charge in [0.2, 0.25) is 5.91 Å². The summed E-state index contributed by atoms with van der Waals surface area (Å²) in [6.07, 6.45) is 2.98. The Morgan fingerprint density at radius 2 is 1.78 bits per heavy atom. The Kier molecular flexibility index (Phi) is 7.62. The summed E-state index contributed by atoms with van der Waals surface area (Å²) in [5.74, 6) is -0.234. The van der Waals surface area contributed by atoms with Gasteiger partial charge in [-0.05, 0) is 48.4 Å². The molecule has 0 aliphatic heterocycles. The molecule has 0 unspecified atom stereocenters. The van der Waals surface area contributed by atoms with Crippen LogP contribution in [-0.2, 0) is 9.53 Å². The number of hydrogen-bond acceptors (Lipinski definition) is 6. The van der Waals surface area contributed by atoms with Crippen LogP contribution in [0.4, 0.5) is 9.39 Å². The van der Waals surface area contributed by atoms with Gasteiger partial charge >= 0.3 is 5.97 Å². The standard InChI is InChI=1S/C24H22FNO5S/c1-4-31-24(28)22-18(16-7-9-17(25)10-8-16)14-32-23(22)26-21(27)12-6-15-5-11-19(29-2)20(13-15)30-3/h5-14H,4H2,1-3H3,(H,26,27). The molecule has 166 valence electrons. The highest BCUT2D eigenvalue weighted by Gasteiger charge is 2.22. The Balaban J connectivity index is 1.84. The first-order valence-electron chi connectivity index (χ1n) is 9.72. The fourth-order valence-electron chi connectivity index (χ4n) is 2.98. The molecule has 3 aromatic rings. The third-order valence-electron chi connectivity index (χ3n) is 4.50. The van der Waals surface area contributed by atoms with E-state index in [1.165, 1.54) is 36.7 Å². The first kappa shape index (κ1) is 23.0. The quantitative estimate of drug-likeness (QED) is 0.364. The summed E-state index contributed by atoms with van der Waals surface area (Å²) in [6, 6.07) is 11.0. The minimum atomic E-state index is -0.563. The van der Waals surface area contributed by atoms with Gasteiger partial charge in [-0.1, -0.05) is 18.2 Å². The SMILES string of the molecule is CCOC(=O)c1c(-c2ccc(F)cc2)csc1NC(=O)C=Cc1ccc(OC)c(OC)c1. The number of anilines is 1. The number of halogens is 1. The van der Waals surface area contributed by atoms with Crippen molar-refractivity contribution in [2.75, 3.05) is 26.1 Å². The average molecular weight is 456 g/mol. The molecule has 1 amide bonds. The Labute approximate surface area is 189 Å². The maximum absolute atomic E-state index is 13.3. The van der Waals surface area contributed by atoms with E-state index in [0.717, 1.165) is 5.56 Å². The summed E-state index contributed by atoms with van der Waals surface area (Å²) in [4.78, 5) is 25.1. The van der Waals surface area contributed by atoms with Gasteiger partial charge in [-0.2, -0.15) is 0 Å². The number of ether oxygens (including phenoxy) is 3. The second kappa shape index (κ2) is 10.6. The minimum absolute atomic E-state index is 0.185. The van der Waals surface area contributed by atoms with Gasteiger partial charge in [0.15, 0.2) is 11.5 Å². The van der Waals surface area contributed by atoms with Crippen LogP contribution < -0.4 is 14.8 Å². The zero-order valence-electron chi connectivity index (χ0n) is 17.8. The summed E-state index contributed by atoms with van der Waals surface area (Å²) in [7, 11) is 3.08. The third-order valence-corrected chi connectivity index (χ3v) is 5.39. The first-order valence-corrected chi connectivity index (χ1v) is 10.6. The van der Waals surface area contributed by atoms with Crippen LogP contribution in [-0.4, -0.2) is 32.7 Å². The van der Waals surface area contributed by atoms with Crippen LogP contribution in [0.5, 0.6) is 11.5 Å². The molecule has 6 nitrogen and oxygen atoms in total. The van der Waals surface area contributed by atoms with E-state index in [1.807, 2.05) is 0 Å². The summed E-state index contributed by atoms with van der Waals surface area (Å²) in [5.41, 5.74) is 2.18. The predicted molar refractivity (Wildman–Crippen MR) is 123 cm³/mol. The van der Waals surface area contributed by atoms with E-state index in [-0.39, 0.29) is 18.0 Å². The van der Waals surface area contributed by atoms with Crippen molar-refractivity contribution in [3.63, 3.8) is 0 Å². The van der Waals surface area contributed by atoms with E-state index in [2.05, 4.69) is 5.32 Å². The lowest BCUT2D eigenvalue weighted by Crippen LogP contribution is -2.12. The summed E-state index contributed by atoms with van der Waals surface area (Å²) in [6.45, 7) is 1.89. The Morgan fingerprint density at radius 1 is 1.06 bits per heavy atom. The molecule has 0 aliphatic carbocycles. The summed E-state index contributed by atoms with van der Waals surface area (Å²) < 4.78 is 28.9. The number of methoxy groups -OCH3 is 2. The third kappa shape index (κ3) is 5.33. The lowest BCUT2D eigenvalue weighted by Gasteiger charge is -2.08. The largest absolute Gasteiger partial charge is 0.493 e. The van der Waals surface area contributed by atoms with Crippen LogP contribution in [0.25, 0.3) is 17.2 Å². The van der Waals surface area contributed by atoms with Crippen LogP contribution in [0.2, 0.25) is 0 Å². The van der Waals surface area contributed by atoms with Crippen molar-refractivity contribution in [2.45, 2.75) is 6.92 Å². The van der Waals surface area contributed by atoms with Gasteiger partial charge in [0, 0.05) is 17.0 Å². The van der Waals surface area contributed by atoms with E-state index in [0.29, 0.717) is 27.6 Å².